The van der Waals surface area contributed by atoms with Crippen LogP contribution in [0.25, 0.3) is 0 Å². The van der Waals surface area contributed by atoms with E-state index < -0.39 is 32.1 Å². The molecule has 0 aliphatic carbocycles. The summed E-state index contributed by atoms with van der Waals surface area (Å²) in [6.45, 7) is 0. The first kappa shape index (κ1) is 12.2. The van der Waals surface area contributed by atoms with Crippen LogP contribution in [0, 0.1) is 0 Å². The van der Waals surface area contributed by atoms with Crippen molar-refractivity contribution < 1.29 is 25.5 Å². The van der Waals surface area contributed by atoms with Crippen molar-refractivity contribution in [1.82, 2.24) is 9.78 Å². The minimum absolute atomic E-state index is 0.427. The summed E-state index contributed by atoms with van der Waals surface area (Å²) in [6, 6.07) is 0. The molecule has 15 heavy (non-hydrogen) atoms. The molecule has 0 aliphatic rings. The van der Waals surface area contributed by atoms with Crippen molar-refractivity contribution in [3.8, 4) is 0 Å². The average Bonchev–Trinajstić information content (AvgIpc) is 2.25. The molecule has 1 rings (SSSR count). The normalized spacial score (nSPS) is 13.2. The first-order chi connectivity index (χ1) is 6.55. The highest BCUT2D eigenvalue weighted by atomic mass is 35.5. The molecule has 0 amide bonds. The molecule has 10 heteroatoms. The van der Waals surface area contributed by atoms with Gasteiger partial charge in [-0.3, -0.25) is 4.68 Å². The van der Waals surface area contributed by atoms with Crippen LogP contribution in [0.15, 0.2) is 4.90 Å². The van der Waals surface area contributed by atoms with Crippen LogP contribution in [-0.2, 0) is 23.4 Å². The minimum atomic E-state index is -5.56. The van der Waals surface area contributed by atoms with E-state index in [0.717, 1.165) is 7.05 Å². The van der Waals surface area contributed by atoms with Gasteiger partial charge < -0.3 is 0 Å². The molecule has 1 heterocycles. The molecule has 1 aromatic heterocycles. The summed E-state index contributed by atoms with van der Waals surface area (Å²) in [4.78, 5) is -1.65. The van der Waals surface area contributed by atoms with Gasteiger partial charge in [-0.15, -0.1) is 3.89 Å². The maximum atomic E-state index is 12.5. The molecule has 4 nitrogen and oxygen atoms in total. The summed E-state index contributed by atoms with van der Waals surface area (Å²) in [5, 5.41) is 1.86. The quantitative estimate of drug-likeness (QED) is 0.575. The smallest absolute Gasteiger partial charge is 0.255 e. The van der Waals surface area contributed by atoms with Gasteiger partial charge in [-0.05, 0) is 0 Å². The van der Waals surface area contributed by atoms with Gasteiger partial charge in [0.1, 0.15) is 5.15 Å². The monoisotopic (exact) mass is 266 g/mol. The number of aromatic nitrogens is 2. The molecule has 0 fully saturated rings. The van der Waals surface area contributed by atoms with E-state index in [4.69, 9.17) is 11.6 Å². The number of nitrogens with zero attached hydrogens (tertiary/aromatic N) is 2. The fraction of sp³-hybridized carbons (Fsp3) is 0.400. The second kappa shape index (κ2) is 3.34. The molecular formula is C5H3ClF4N2O2S. The standard InChI is InChI=1S/C5H3ClF4N2O2S/c1-12-4(6)2(15(10,13)14)3(11-12)5(7,8)9/h1H3. The highest BCUT2D eigenvalue weighted by molar-refractivity contribution is 7.86. The molecule has 0 atom stereocenters. The Hall–Kier alpha value is -0.830. The van der Waals surface area contributed by atoms with E-state index in [1.54, 1.807) is 0 Å². The minimum Gasteiger partial charge on any atom is -0.255 e. The van der Waals surface area contributed by atoms with Crippen LogP contribution in [0.3, 0.4) is 0 Å². The van der Waals surface area contributed by atoms with E-state index in [9.17, 15) is 25.5 Å². The molecule has 1 aromatic rings. The van der Waals surface area contributed by atoms with Crippen molar-refractivity contribution >= 4 is 21.8 Å². The van der Waals surface area contributed by atoms with E-state index >= 15 is 0 Å². The zero-order valence-corrected chi connectivity index (χ0v) is 8.58. The van der Waals surface area contributed by atoms with E-state index in [1.807, 2.05) is 0 Å². The van der Waals surface area contributed by atoms with E-state index in [1.165, 1.54) is 0 Å². The van der Waals surface area contributed by atoms with Crippen LogP contribution in [0.4, 0.5) is 17.1 Å². The Bertz CT molecular complexity index is 492. The Balaban J connectivity index is 3.63. The molecule has 0 unspecified atom stereocenters. The van der Waals surface area contributed by atoms with Gasteiger partial charge >= 0.3 is 16.4 Å². The van der Waals surface area contributed by atoms with Gasteiger partial charge in [-0.1, -0.05) is 11.6 Å². The van der Waals surface area contributed by atoms with Gasteiger partial charge in [-0.2, -0.15) is 26.7 Å². The number of rotatable bonds is 1. The first-order valence-electron chi connectivity index (χ1n) is 3.29. The number of alkyl halides is 3. The molecule has 0 N–H and O–H groups in total. The van der Waals surface area contributed by atoms with Crippen molar-refractivity contribution in [1.29, 1.82) is 0 Å². The molecule has 86 valence electrons. The van der Waals surface area contributed by atoms with Crippen LogP contribution in [-0.4, -0.2) is 18.2 Å². The van der Waals surface area contributed by atoms with Crippen LogP contribution in [0.5, 0.6) is 0 Å². The van der Waals surface area contributed by atoms with Crippen molar-refractivity contribution in [3.05, 3.63) is 10.8 Å². The van der Waals surface area contributed by atoms with Crippen molar-refractivity contribution in [2.24, 2.45) is 7.05 Å². The fourth-order valence-corrected chi connectivity index (χ4v) is 2.01. The second-order valence-electron chi connectivity index (χ2n) is 2.53. The predicted molar refractivity (Wildman–Crippen MR) is 41.5 cm³/mol. The molecular weight excluding hydrogens is 264 g/mol. The van der Waals surface area contributed by atoms with Crippen molar-refractivity contribution in [2.75, 3.05) is 0 Å². The Labute approximate surface area is 86.7 Å². The highest BCUT2D eigenvalue weighted by Crippen LogP contribution is 2.37. The van der Waals surface area contributed by atoms with Crippen LogP contribution >= 0.6 is 11.6 Å². The van der Waals surface area contributed by atoms with Gasteiger partial charge in [0, 0.05) is 7.05 Å². The molecule has 0 bridgehead atoms. The Morgan fingerprint density at radius 3 is 2.13 bits per heavy atom. The zero-order chi connectivity index (χ0) is 12.0. The van der Waals surface area contributed by atoms with Crippen LogP contribution < -0.4 is 0 Å². The maximum Gasteiger partial charge on any atom is 0.436 e. The molecule has 0 saturated heterocycles. The van der Waals surface area contributed by atoms with Crippen LogP contribution in [0.1, 0.15) is 5.69 Å². The van der Waals surface area contributed by atoms with Gasteiger partial charge in [0.15, 0.2) is 10.6 Å². The summed E-state index contributed by atoms with van der Waals surface area (Å²) < 4.78 is 70.4. The van der Waals surface area contributed by atoms with E-state index in [2.05, 4.69) is 5.10 Å². The number of aryl methyl sites for hydroxylation is 1. The largest absolute Gasteiger partial charge is 0.436 e. The van der Waals surface area contributed by atoms with Crippen molar-refractivity contribution in [3.63, 3.8) is 0 Å². The first-order valence-corrected chi connectivity index (χ1v) is 5.05. The third-order valence-corrected chi connectivity index (χ3v) is 2.87. The number of hydrogen-bond donors (Lipinski definition) is 0. The lowest BCUT2D eigenvalue weighted by atomic mass is 10.4. The van der Waals surface area contributed by atoms with Gasteiger partial charge in [0.25, 0.3) is 0 Å². The van der Waals surface area contributed by atoms with E-state index in [0.29, 0.717) is 4.68 Å². The summed E-state index contributed by atoms with van der Waals surface area (Å²) in [5.41, 5.74) is -1.86. The third kappa shape index (κ3) is 2.23. The molecule has 0 radical (unpaired) electrons. The summed E-state index contributed by atoms with van der Waals surface area (Å²) in [5.74, 6) is 0. The highest BCUT2D eigenvalue weighted by Gasteiger charge is 2.43. The summed E-state index contributed by atoms with van der Waals surface area (Å²) >= 11 is 5.19. The topological polar surface area (TPSA) is 52.0 Å². The van der Waals surface area contributed by atoms with Gasteiger partial charge in [-0.25, -0.2) is 0 Å². The molecule has 0 aliphatic heterocycles. The predicted octanol–water partition coefficient (Wildman–Crippen LogP) is 1.75. The molecule has 0 spiro atoms. The third-order valence-electron chi connectivity index (χ3n) is 1.45. The van der Waals surface area contributed by atoms with E-state index in [-0.39, 0.29) is 0 Å². The molecule has 0 saturated carbocycles. The summed E-state index contributed by atoms with van der Waals surface area (Å²) in [6.07, 6.45) is -5.08. The Kier molecular flexibility index (Phi) is 2.72. The summed E-state index contributed by atoms with van der Waals surface area (Å²) in [7, 11) is -4.60. The van der Waals surface area contributed by atoms with Gasteiger partial charge in [0.2, 0.25) is 0 Å². The second-order valence-corrected chi connectivity index (χ2v) is 4.17. The van der Waals surface area contributed by atoms with Crippen molar-refractivity contribution in [2.45, 2.75) is 11.1 Å². The fourth-order valence-electron chi connectivity index (χ4n) is 0.885. The maximum absolute atomic E-state index is 12.5. The average molecular weight is 267 g/mol. The lowest BCUT2D eigenvalue weighted by Gasteiger charge is -2.02. The van der Waals surface area contributed by atoms with Crippen LogP contribution in [0.2, 0.25) is 5.15 Å². The number of halogens is 5. The Morgan fingerprint density at radius 2 is 1.87 bits per heavy atom. The number of hydrogen-bond acceptors (Lipinski definition) is 3. The lowest BCUT2D eigenvalue weighted by Crippen LogP contribution is -2.10. The lowest BCUT2D eigenvalue weighted by molar-refractivity contribution is -0.143. The zero-order valence-electron chi connectivity index (χ0n) is 7.01. The SMILES string of the molecule is Cn1nc(C(F)(F)F)c(S(=O)(=O)F)c1Cl. The molecule has 0 aromatic carbocycles. The Morgan fingerprint density at radius 1 is 1.40 bits per heavy atom. The van der Waals surface area contributed by atoms with Gasteiger partial charge in [0.05, 0.1) is 0 Å².